The zero-order chi connectivity index (χ0) is 23.0. The second-order valence-corrected chi connectivity index (χ2v) is 7.94. The van der Waals surface area contributed by atoms with Gasteiger partial charge >= 0.3 is 0 Å². The minimum atomic E-state index is -1.02. The zero-order valence-corrected chi connectivity index (χ0v) is 18.2. The van der Waals surface area contributed by atoms with E-state index in [1.165, 1.54) is 29.1 Å². The Morgan fingerprint density at radius 2 is 1.81 bits per heavy atom. The highest BCUT2D eigenvalue weighted by atomic mass is 35.5. The number of anilines is 1. The molecular formula is C21H12Cl3FN4O3. The van der Waals surface area contributed by atoms with E-state index >= 15 is 0 Å². The maximum absolute atomic E-state index is 14.3. The number of fused-ring (bicyclic) bond motifs is 1. The van der Waals surface area contributed by atoms with Gasteiger partial charge in [0.15, 0.2) is 0 Å². The van der Waals surface area contributed by atoms with Gasteiger partial charge in [-0.25, -0.2) is 9.37 Å². The van der Waals surface area contributed by atoms with Gasteiger partial charge in [-0.15, -0.1) is 0 Å². The molecular weight excluding hydrogens is 482 g/mol. The maximum Gasteiger partial charge on any atom is 0.296 e. The highest BCUT2D eigenvalue weighted by Crippen LogP contribution is 2.29. The number of aromatic nitrogens is 3. The molecule has 0 unspecified atom stereocenters. The van der Waals surface area contributed by atoms with Crippen molar-refractivity contribution in [2.75, 3.05) is 5.32 Å². The van der Waals surface area contributed by atoms with E-state index in [1.54, 1.807) is 18.2 Å². The van der Waals surface area contributed by atoms with Gasteiger partial charge in [-0.2, -0.15) is 4.73 Å². The molecule has 1 aromatic carbocycles. The van der Waals surface area contributed by atoms with Gasteiger partial charge in [0.25, 0.3) is 11.7 Å². The summed E-state index contributed by atoms with van der Waals surface area (Å²) < 4.78 is 16.2. The number of pyridine rings is 2. The number of halogens is 4. The van der Waals surface area contributed by atoms with Crippen molar-refractivity contribution in [1.29, 1.82) is 0 Å². The topological polar surface area (TPSA) is 90.9 Å². The van der Waals surface area contributed by atoms with Crippen LogP contribution in [0.4, 0.5) is 10.1 Å². The normalized spacial score (nSPS) is 11.0. The lowest BCUT2D eigenvalue weighted by Crippen LogP contribution is -2.27. The second kappa shape index (κ2) is 8.74. The van der Waals surface area contributed by atoms with Gasteiger partial charge in [0, 0.05) is 28.4 Å². The molecule has 0 spiro atoms. The molecule has 7 nitrogen and oxygen atoms in total. The molecule has 0 saturated heterocycles. The van der Waals surface area contributed by atoms with Gasteiger partial charge in [0.2, 0.25) is 12.4 Å². The molecule has 4 rings (SSSR count). The van der Waals surface area contributed by atoms with Crippen molar-refractivity contribution in [3.63, 3.8) is 0 Å². The van der Waals surface area contributed by atoms with Gasteiger partial charge in [0.1, 0.15) is 21.5 Å². The summed E-state index contributed by atoms with van der Waals surface area (Å²) >= 11 is 18.0. The van der Waals surface area contributed by atoms with Crippen LogP contribution in [0.2, 0.25) is 15.1 Å². The lowest BCUT2D eigenvalue weighted by molar-refractivity contribution is -0.605. The molecule has 0 saturated carbocycles. The monoisotopic (exact) mass is 492 g/mol. The van der Waals surface area contributed by atoms with Crippen molar-refractivity contribution in [3.05, 3.63) is 92.3 Å². The number of carbonyl (C=O) groups is 2. The van der Waals surface area contributed by atoms with E-state index in [9.17, 15) is 19.2 Å². The van der Waals surface area contributed by atoms with E-state index in [4.69, 9.17) is 34.8 Å². The fourth-order valence-electron chi connectivity index (χ4n) is 3.19. The quantitative estimate of drug-likeness (QED) is 0.190. The molecule has 4 aromatic rings. The first-order valence-electron chi connectivity index (χ1n) is 9.06. The Kier molecular flexibility index (Phi) is 6.01. The van der Waals surface area contributed by atoms with Crippen LogP contribution in [0.3, 0.4) is 0 Å². The van der Waals surface area contributed by atoms with Crippen molar-refractivity contribution < 1.29 is 18.7 Å². The number of hydrogen-bond acceptors (Lipinski definition) is 4. The Labute approximate surface area is 195 Å². The summed E-state index contributed by atoms with van der Waals surface area (Å²) in [5, 5.41) is 14.1. The number of Topliss-reactive ketones (excluding diaryl/α,β-unsaturated/α-hetero) is 1. The summed E-state index contributed by atoms with van der Waals surface area (Å²) in [6, 6.07) is 7.54. The smallest absolute Gasteiger partial charge is 0.296 e. The van der Waals surface area contributed by atoms with E-state index in [0.717, 1.165) is 12.4 Å². The molecule has 11 heteroatoms. The van der Waals surface area contributed by atoms with E-state index in [1.807, 2.05) is 0 Å². The second-order valence-electron chi connectivity index (χ2n) is 6.72. The van der Waals surface area contributed by atoms with Crippen molar-refractivity contribution in [2.45, 2.75) is 6.54 Å². The van der Waals surface area contributed by atoms with E-state index in [-0.39, 0.29) is 38.4 Å². The average Bonchev–Trinajstić information content (AvgIpc) is 3.11. The molecule has 0 atom stereocenters. The largest absolute Gasteiger partial charge is 0.619 e. The van der Waals surface area contributed by atoms with Crippen molar-refractivity contribution in [1.82, 2.24) is 9.55 Å². The molecule has 1 N–H and O–H groups in total. The number of rotatable bonds is 5. The SMILES string of the molecule is O=C(Nc1c(Cl)c[n+]([O-])cc1Cl)C(=O)c1cn(Cc2c(F)cccc2Cl)c2ncccc12. The number of benzene rings is 1. The summed E-state index contributed by atoms with van der Waals surface area (Å²) in [6.07, 6.45) is 4.89. The number of ketones is 1. The van der Waals surface area contributed by atoms with Crippen molar-refractivity contribution >= 4 is 63.2 Å². The number of amides is 1. The van der Waals surface area contributed by atoms with Crippen LogP contribution < -0.4 is 10.0 Å². The van der Waals surface area contributed by atoms with Crippen LogP contribution in [0.1, 0.15) is 15.9 Å². The number of nitrogens with one attached hydrogen (secondary N) is 1. The lowest BCUT2D eigenvalue weighted by atomic mass is 10.1. The van der Waals surface area contributed by atoms with E-state index in [2.05, 4.69) is 10.3 Å². The molecule has 0 fully saturated rings. The van der Waals surface area contributed by atoms with Crippen LogP contribution in [0.25, 0.3) is 11.0 Å². The Morgan fingerprint density at radius 1 is 1.09 bits per heavy atom. The van der Waals surface area contributed by atoms with Crippen LogP contribution >= 0.6 is 34.8 Å². The third-order valence-corrected chi connectivity index (χ3v) is 5.60. The first-order valence-corrected chi connectivity index (χ1v) is 10.2. The third-order valence-electron chi connectivity index (χ3n) is 4.67. The zero-order valence-electron chi connectivity index (χ0n) is 16.0. The van der Waals surface area contributed by atoms with Gasteiger partial charge < -0.3 is 15.1 Å². The average molecular weight is 494 g/mol. The van der Waals surface area contributed by atoms with Crippen LogP contribution in [-0.4, -0.2) is 21.2 Å². The molecule has 3 heterocycles. The Balaban J connectivity index is 1.70. The Bertz CT molecular complexity index is 1350. The number of hydrogen-bond donors (Lipinski definition) is 1. The summed E-state index contributed by atoms with van der Waals surface area (Å²) in [5.41, 5.74) is 0.555. The molecule has 32 heavy (non-hydrogen) atoms. The minimum absolute atomic E-state index is 0.00619. The first kappa shape index (κ1) is 22.0. The van der Waals surface area contributed by atoms with E-state index < -0.39 is 17.5 Å². The van der Waals surface area contributed by atoms with Gasteiger partial charge in [-0.1, -0.05) is 40.9 Å². The predicted octanol–water partition coefficient (Wildman–Crippen LogP) is 4.64. The van der Waals surface area contributed by atoms with E-state index in [0.29, 0.717) is 15.8 Å². The summed E-state index contributed by atoms with van der Waals surface area (Å²) in [7, 11) is 0. The highest BCUT2D eigenvalue weighted by molar-refractivity contribution is 6.50. The van der Waals surface area contributed by atoms with Crippen LogP contribution in [-0.2, 0) is 11.3 Å². The molecule has 162 valence electrons. The summed E-state index contributed by atoms with van der Waals surface area (Å²) in [6.45, 7) is -0.00619. The van der Waals surface area contributed by atoms with Crippen molar-refractivity contribution in [2.24, 2.45) is 0 Å². The fourth-order valence-corrected chi connectivity index (χ4v) is 3.96. The number of nitrogens with zero attached hydrogens (tertiary/aromatic N) is 3. The first-order chi connectivity index (χ1) is 15.3. The molecule has 3 aromatic heterocycles. The molecule has 1 amide bonds. The van der Waals surface area contributed by atoms with Gasteiger partial charge in [-0.3, -0.25) is 9.59 Å². The van der Waals surface area contributed by atoms with Crippen LogP contribution in [0, 0.1) is 11.0 Å². The van der Waals surface area contributed by atoms with Crippen molar-refractivity contribution in [3.8, 4) is 0 Å². The molecule has 0 aliphatic carbocycles. The Morgan fingerprint density at radius 3 is 2.50 bits per heavy atom. The lowest BCUT2D eigenvalue weighted by Gasteiger charge is -2.08. The highest BCUT2D eigenvalue weighted by Gasteiger charge is 2.25. The Hall–Kier alpha value is -3.20. The summed E-state index contributed by atoms with van der Waals surface area (Å²) in [5.74, 6) is -2.43. The summed E-state index contributed by atoms with van der Waals surface area (Å²) in [4.78, 5) is 29.8. The maximum atomic E-state index is 14.3. The molecule has 0 aliphatic rings. The van der Waals surface area contributed by atoms with Gasteiger partial charge in [-0.05, 0) is 24.3 Å². The minimum Gasteiger partial charge on any atom is -0.619 e. The molecule has 0 bridgehead atoms. The van der Waals surface area contributed by atoms with Crippen LogP contribution in [0.15, 0.2) is 55.1 Å². The standard InChI is InChI=1S/C21H12Cl3FN4O3/c22-14-4-1-5-17(25)13(14)8-28-7-12(11-3-2-6-26-20(11)28)19(30)21(31)27-18-15(23)9-29(32)10-16(18)24/h1-7,9-10H,8H2,(H,27,31). The predicted molar refractivity (Wildman–Crippen MR) is 119 cm³/mol. The number of carbonyl (C=O) groups excluding carboxylic acids is 2. The fraction of sp³-hybridized carbons (Fsp3) is 0.0476. The van der Waals surface area contributed by atoms with Gasteiger partial charge in [0.05, 0.1) is 17.8 Å². The molecule has 0 radical (unpaired) electrons. The van der Waals surface area contributed by atoms with Crippen LogP contribution in [0.5, 0.6) is 0 Å². The third kappa shape index (κ3) is 4.12. The molecule has 0 aliphatic heterocycles.